The molecule has 4 nitrogen and oxygen atoms in total. The molecule has 1 saturated carbocycles. The number of hydrogen-bond acceptors (Lipinski definition) is 4. The first-order valence-corrected chi connectivity index (χ1v) is 10.2. The van der Waals surface area contributed by atoms with Crippen LogP contribution in [0.15, 0.2) is 21.7 Å². The molecule has 2 fully saturated rings. The van der Waals surface area contributed by atoms with Crippen molar-refractivity contribution in [1.29, 1.82) is 0 Å². The Hall–Kier alpha value is -0.430. The molecule has 1 aliphatic heterocycles. The largest absolute Gasteiger partial charge is 0.378 e. The van der Waals surface area contributed by atoms with E-state index in [1.807, 2.05) is 5.38 Å². The third-order valence-electron chi connectivity index (χ3n) is 4.58. The summed E-state index contributed by atoms with van der Waals surface area (Å²) in [4.78, 5) is 0.429. The Morgan fingerprint density at radius 2 is 1.90 bits per heavy atom. The lowest BCUT2D eigenvalue weighted by Gasteiger charge is -2.31. The molecule has 118 valence electrons. The van der Waals surface area contributed by atoms with Crippen molar-refractivity contribution in [3.05, 3.63) is 16.8 Å². The van der Waals surface area contributed by atoms with Crippen molar-refractivity contribution in [3.63, 3.8) is 0 Å². The summed E-state index contributed by atoms with van der Waals surface area (Å²) in [7, 11) is -3.28. The Labute approximate surface area is 131 Å². The lowest BCUT2D eigenvalue weighted by Crippen LogP contribution is -2.41. The number of ether oxygens (including phenoxy) is 1. The quantitative estimate of drug-likeness (QED) is 0.834. The second-order valence-corrected chi connectivity index (χ2v) is 8.76. The SMILES string of the molecule is O=S(=O)(c1ccsc1)N1CCC(OCC2CCCC2)CC1. The highest BCUT2D eigenvalue weighted by Crippen LogP contribution is 2.27. The summed E-state index contributed by atoms with van der Waals surface area (Å²) in [6.45, 7) is 2.02. The van der Waals surface area contributed by atoms with Gasteiger partial charge in [-0.3, -0.25) is 0 Å². The average Bonchev–Trinajstić information content (AvgIpc) is 3.19. The predicted octanol–water partition coefficient (Wildman–Crippen LogP) is 3.11. The van der Waals surface area contributed by atoms with Gasteiger partial charge in [0.25, 0.3) is 0 Å². The van der Waals surface area contributed by atoms with Crippen LogP contribution in [0.25, 0.3) is 0 Å². The third-order valence-corrected chi connectivity index (χ3v) is 7.30. The van der Waals surface area contributed by atoms with Gasteiger partial charge in [0.1, 0.15) is 0 Å². The van der Waals surface area contributed by atoms with Crippen LogP contribution in [0.3, 0.4) is 0 Å². The molecule has 1 aromatic heterocycles. The molecular weight excluding hydrogens is 306 g/mol. The van der Waals surface area contributed by atoms with E-state index in [-0.39, 0.29) is 6.10 Å². The zero-order valence-electron chi connectivity index (χ0n) is 12.2. The molecule has 6 heteroatoms. The Morgan fingerprint density at radius 1 is 1.19 bits per heavy atom. The highest BCUT2D eigenvalue weighted by molar-refractivity contribution is 7.89. The van der Waals surface area contributed by atoms with Crippen molar-refractivity contribution in [2.24, 2.45) is 5.92 Å². The van der Waals surface area contributed by atoms with E-state index in [9.17, 15) is 8.42 Å². The van der Waals surface area contributed by atoms with Crippen LogP contribution in [-0.4, -0.2) is 38.5 Å². The number of sulfonamides is 1. The fraction of sp³-hybridized carbons (Fsp3) is 0.733. The van der Waals surface area contributed by atoms with Crippen LogP contribution in [0.4, 0.5) is 0 Å². The van der Waals surface area contributed by atoms with Gasteiger partial charge in [-0.2, -0.15) is 15.6 Å². The first-order valence-electron chi connectivity index (χ1n) is 7.80. The molecule has 1 saturated heterocycles. The maximum absolute atomic E-state index is 12.4. The lowest BCUT2D eigenvalue weighted by atomic mass is 10.1. The molecule has 1 aliphatic carbocycles. The zero-order valence-corrected chi connectivity index (χ0v) is 13.9. The molecule has 2 aliphatic rings. The Bertz CT molecular complexity index is 527. The van der Waals surface area contributed by atoms with E-state index in [0.29, 0.717) is 18.0 Å². The zero-order chi connectivity index (χ0) is 14.7. The summed E-state index contributed by atoms with van der Waals surface area (Å²) in [5.41, 5.74) is 0. The van der Waals surface area contributed by atoms with Crippen LogP contribution in [-0.2, 0) is 14.8 Å². The van der Waals surface area contributed by atoms with Gasteiger partial charge in [0.15, 0.2) is 0 Å². The molecule has 0 radical (unpaired) electrons. The minimum atomic E-state index is -3.28. The molecule has 0 unspecified atom stereocenters. The molecule has 1 aromatic rings. The van der Waals surface area contributed by atoms with Gasteiger partial charge in [-0.15, -0.1) is 0 Å². The predicted molar refractivity (Wildman–Crippen MR) is 84.0 cm³/mol. The number of piperidine rings is 1. The van der Waals surface area contributed by atoms with Crippen molar-refractivity contribution < 1.29 is 13.2 Å². The van der Waals surface area contributed by atoms with Crippen molar-refractivity contribution in [2.75, 3.05) is 19.7 Å². The standard InChI is InChI=1S/C15H23NO3S2/c17-21(18,15-7-10-20-12-15)16-8-5-14(6-9-16)19-11-13-3-1-2-4-13/h7,10,12-14H,1-6,8-9,11H2. The lowest BCUT2D eigenvalue weighted by molar-refractivity contribution is 0.00308. The third kappa shape index (κ3) is 3.67. The fourth-order valence-corrected chi connectivity index (χ4v) is 5.72. The van der Waals surface area contributed by atoms with Gasteiger partial charge in [0.05, 0.1) is 11.0 Å². The first-order chi connectivity index (χ1) is 10.2. The van der Waals surface area contributed by atoms with Crippen LogP contribution < -0.4 is 0 Å². The molecule has 0 atom stereocenters. The van der Waals surface area contributed by atoms with Crippen LogP contribution >= 0.6 is 11.3 Å². The van der Waals surface area contributed by atoms with E-state index in [2.05, 4.69) is 0 Å². The van der Waals surface area contributed by atoms with Crippen LogP contribution in [0.2, 0.25) is 0 Å². The van der Waals surface area contributed by atoms with Crippen molar-refractivity contribution >= 4 is 21.4 Å². The van der Waals surface area contributed by atoms with Gasteiger partial charge in [0.2, 0.25) is 10.0 Å². The van der Waals surface area contributed by atoms with E-state index in [0.717, 1.165) is 25.4 Å². The molecule has 21 heavy (non-hydrogen) atoms. The van der Waals surface area contributed by atoms with Crippen molar-refractivity contribution in [2.45, 2.75) is 49.5 Å². The summed E-state index contributed by atoms with van der Waals surface area (Å²) < 4.78 is 32.4. The number of hydrogen-bond donors (Lipinski definition) is 0. The minimum Gasteiger partial charge on any atom is -0.378 e. The fourth-order valence-electron chi connectivity index (χ4n) is 3.24. The molecule has 0 N–H and O–H groups in total. The smallest absolute Gasteiger partial charge is 0.243 e. The van der Waals surface area contributed by atoms with Gasteiger partial charge in [-0.1, -0.05) is 12.8 Å². The van der Waals surface area contributed by atoms with Gasteiger partial charge < -0.3 is 4.74 Å². The van der Waals surface area contributed by atoms with E-state index in [1.54, 1.807) is 15.8 Å². The Kier molecular flexibility index (Phi) is 4.99. The second-order valence-electron chi connectivity index (χ2n) is 6.05. The minimum absolute atomic E-state index is 0.236. The summed E-state index contributed by atoms with van der Waals surface area (Å²) >= 11 is 1.42. The van der Waals surface area contributed by atoms with Gasteiger partial charge in [-0.05, 0) is 43.0 Å². The van der Waals surface area contributed by atoms with E-state index in [1.165, 1.54) is 37.0 Å². The molecular formula is C15H23NO3S2. The Morgan fingerprint density at radius 3 is 2.52 bits per heavy atom. The van der Waals surface area contributed by atoms with Gasteiger partial charge >= 0.3 is 0 Å². The highest BCUT2D eigenvalue weighted by Gasteiger charge is 2.30. The van der Waals surface area contributed by atoms with Crippen molar-refractivity contribution in [3.8, 4) is 0 Å². The van der Waals surface area contributed by atoms with Crippen LogP contribution in [0.1, 0.15) is 38.5 Å². The molecule has 3 rings (SSSR count). The Balaban J connectivity index is 1.48. The van der Waals surface area contributed by atoms with E-state index in [4.69, 9.17) is 4.74 Å². The molecule has 0 bridgehead atoms. The number of rotatable bonds is 5. The normalized spacial score (nSPS) is 22.9. The summed E-state index contributed by atoms with van der Waals surface area (Å²) in [5.74, 6) is 0.734. The highest BCUT2D eigenvalue weighted by atomic mass is 32.2. The first kappa shape index (κ1) is 15.5. The molecule has 0 spiro atoms. The van der Waals surface area contributed by atoms with Crippen LogP contribution in [0, 0.1) is 5.92 Å². The van der Waals surface area contributed by atoms with E-state index < -0.39 is 10.0 Å². The summed E-state index contributed by atoms with van der Waals surface area (Å²) in [6.07, 6.45) is 7.14. The van der Waals surface area contributed by atoms with Crippen LogP contribution in [0.5, 0.6) is 0 Å². The number of thiophene rings is 1. The van der Waals surface area contributed by atoms with Crippen molar-refractivity contribution in [1.82, 2.24) is 4.31 Å². The maximum atomic E-state index is 12.4. The second kappa shape index (κ2) is 6.77. The molecule has 0 amide bonds. The average molecular weight is 329 g/mol. The topological polar surface area (TPSA) is 46.6 Å². The van der Waals surface area contributed by atoms with E-state index >= 15 is 0 Å². The molecule has 0 aromatic carbocycles. The maximum Gasteiger partial charge on any atom is 0.243 e. The summed E-state index contributed by atoms with van der Waals surface area (Å²) in [6, 6.07) is 1.68. The van der Waals surface area contributed by atoms with Gasteiger partial charge in [0, 0.05) is 25.1 Å². The monoisotopic (exact) mass is 329 g/mol. The summed E-state index contributed by atoms with van der Waals surface area (Å²) in [5, 5.41) is 3.52. The number of nitrogens with zero attached hydrogens (tertiary/aromatic N) is 1. The van der Waals surface area contributed by atoms with Gasteiger partial charge in [-0.25, -0.2) is 8.42 Å². The molecule has 2 heterocycles.